The van der Waals surface area contributed by atoms with Crippen molar-refractivity contribution >= 4 is 33.0 Å². The summed E-state index contributed by atoms with van der Waals surface area (Å²) in [6.45, 7) is 2.89. The van der Waals surface area contributed by atoms with Gasteiger partial charge in [-0.2, -0.15) is 16.6 Å². The number of nitrogens with zero attached hydrogens (tertiary/aromatic N) is 1. The van der Waals surface area contributed by atoms with Crippen LogP contribution >= 0.6 is 27.3 Å². The number of nitrogens with one attached hydrogen (secondary N) is 1. The second-order valence-electron chi connectivity index (χ2n) is 3.77. The van der Waals surface area contributed by atoms with Crippen molar-refractivity contribution in [3.05, 3.63) is 50.1 Å². The number of hydrogen-bond acceptors (Lipinski definition) is 3. The van der Waals surface area contributed by atoms with Crippen LogP contribution in [0.2, 0.25) is 0 Å². The van der Waals surface area contributed by atoms with Crippen LogP contribution in [0.25, 0.3) is 0 Å². The number of aryl methyl sites for hydroxylation is 1. The minimum absolute atomic E-state index is 0.656. The zero-order chi connectivity index (χ0) is 12.3. The summed E-state index contributed by atoms with van der Waals surface area (Å²) in [6.07, 6.45) is 0. The molecule has 0 aliphatic rings. The molecule has 0 bridgehead atoms. The molecule has 1 N–H and O–H groups in total. The largest absolute Gasteiger partial charge is 0.381 e. The first-order chi connectivity index (χ1) is 8.19. The van der Waals surface area contributed by atoms with E-state index in [1.165, 1.54) is 11.1 Å². The van der Waals surface area contributed by atoms with Crippen LogP contribution < -0.4 is 5.32 Å². The molecule has 0 unspecified atom stereocenters. The molecule has 0 aliphatic carbocycles. The fourth-order valence-corrected chi connectivity index (χ4v) is 2.87. The molecule has 0 spiro atoms. The smallest absolute Gasteiger partial charge is 0.0992 e. The Bertz CT molecular complexity index is 569. The van der Waals surface area contributed by atoms with E-state index in [1.807, 2.05) is 12.1 Å². The number of hydrogen-bond donors (Lipinski definition) is 1. The summed E-state index contributed by atoms with van der Waals surface area (Å²) in [7, 11) is 0. The molecule has 0 radical (unpaired) electrons. The van der Waals surface area contributed by atoms with Crippen LogP contribution in [0.4, 0.5) is 5.69 Å². The number of thiophene rings is 1. The molecule has 0 amide bonds. The maximum absolute atomic E-state index is 8.89. The number of nitriles is 1. The highest BCUT2D eigenvalue weighted by Gasteiger charge is 2.01. The highest BCUT2D eigenvalue weighted by Crippen LogP contribution is 2.21. The molecule has 0 saturated heterocycles. The Morgan fingerprint density at radius 3 is 2.82 bits per heavy atom. The van der Waals surface area contributed by atoms with Gasteiger partial charge < -0.3 is 5.32 Å². The molecule has 2 nitrogen and oxygen atoms in total. The van der Waals surface area contributed by atoms with Crippen molar-refractivity contribution in [2.45, 2.75) is 13.5 Å². The molecular weight excluding hydrogens is 296 g/mol. The number of rotatable bonds is 3. The summed E-state index contributed by atoms with van der Waals surface area (Å²) in [5, 5.41) is 16.5. The molecular formula is C13H11BrN2S. The molecule has 1 aromatic heterocycles. The highest BCUT2D eigenvalue weighted by atomic mass is 79.9. The lowest BCUT2D eigenvalue weighted by atomic mass is 10.2. The average molecular weight is 307 g/mol. The minimum atomic E-state index is 0.656. The molecule has 1 aromatic carbocycles. The summed E-state index contributed by atoms with van der Waals surface area (Å²) in [5.74, 6) is 0. The Kier molecular flexibility index (Phi) is 3.82. The molecule has 86 valence electrons. The zero-order valence-electron chi connectivity index (χ0n) is 9.33. The lowest BCUT2D eigenvalue weighted by molar-refractivity contribution is 1.14. The number of anilines is 1. The van der Waals surface area contributed by atoms with Gasteiger partial charge in [0.05, 0.1) is 11.6 Å². The van der Waals surface area contributed by atoms with Crippen molar-refractivity contribution in [2.24, 2.45) is 0 Å². The van der Waals surface area contributed by atoms with Gasteiger partial charge >= 0.3 is 0 Å². The molecule has 17 heavy (non-hydrogen) atoms. The highest BCUT2D eigenvalue weighted by molar-refractivity contribution is 9.10. The van der Waals surface area contributed by atoms with Crippen LogP contribution in [0, 0.1) is 18.3 Å². The monoisotopic (exact) mass is 306 g/mol. The van der Waals surface area contributed by atoms with Crippen molar-refractivity contribution in [2.75, 3.05) is 5.32 Å². The molecule has 2 rings (SSSR count). The summed E-state index contributed by atoms with van der Waals surface area (Å²) < 4.78 is 0.918. The van der Waals surface area contributed by atoms with Crippen molar-refractivity contribution in [3.63, 3.8) is 0 Å². The van der Waals surface area contributed by atoms with Gasteiger partial charge in [0.2, 0.25) is 0 Å². The van der Waals surface area contributed by atoms with E-state index in [4.69, 9.17) is 5.26 Å². The normalized spacial score (nSPS) is 9.94. The molecule has 0 atom stereocenters. The van der Waals surface area contributed by atoms with Crippen LogP contribution in [0.5, 0.6) is 0 Å². The van der Waals surface area contributed by atoms with Gasteiger partial charge in [-0.25, -0.2) is 0 Å². The second kappa shape index (κ2) is 5.35. The molecule has 0 aliphatic heterocycles. The van der Waals surface area contributed by atoms with Crippen molar-refractivity contribution in [1.29, 1.82) is 5.26 Å². The van der Waals surface area contributed by atoms with Gasteiger partial charge in [0.25, 0.3) is 0 Å². The maximum Gasteiger partial charge on any atom is 0.0992 e. The van der Waals surface area contributed by atoms with Crippen LogP contribution in [0.3, 0.4) is 0 Å². The summed E-state index contributed by atoms with van der Waals surface area (Å²) in [5.41, 5.74) is 4.22. The number of benzene rings is 1. The van der Waals surface area contributed by atoms with Gasteiger partial charge in [0, 0.05) is 16.7 Å². The quantitative estimate of drug-likeness (QED) is 0.917. The minimum Gasteiger partial charge on any atom is -0.381 e. The summed E-state index contributed by atoms with van der Waals surface area (Å²) in [6, 6.07) is 7.78. The summed E-state index contributed by atoms with van der Waals surface area (Å²) in [4.78, 5) is 0. The van der Waals surface area contributed by atoms with Gasteiger partial charge in [-0.3, -0.25) is 0 Å². The van der Waals surface area contributed by atoms with Gasteiger partial charge in [-0.1, -0.05) is 15.9 Å². The first-order valence-electron chi connectivity index (χ1n) is 5.15. The Morgan fingerprint density at radius 2 is 2.18 bits per heavy atom. The van der Waals surface area contributed by atoms with Crippen molar-refractivity contribution in [1.82, 2.24) is 0 Å². The van der Waals surface area contributed by atoms with Gasteiger partial charge in [-0.05, 0) is 47.0 Å². The van der Waals surface area contributed by atoms with E-state index in [9.17, 15) is 0 Å². The van der Waals surface area contributed by atoms with E-state index in [0.29, 0.717) is 5.56 Å². The Hall–Kier alpha value is -1.31. The topological polar surface area (TPSA) is 35.8 Å². The second-order valence-corrected chi connectivity index (χ2v) is 5.43. The standard InChI is InChI=1S/C13H11BrN2S/c1-9-7-17-8-11(9)6-16-13-3-10(5-15)2-12(14)4-13/h2-4,7-8,16H,6H2,1H3. The Balaban J connectivity index is 2.12. The van der Waals surface area contributed by atoms with Crippen molar-refractivity contribution < 1.29 is 0 Å². The SMILES string of the molecule is Cc1cscc1CNc1cc(Br)cc(C#N)c1. The molecule has 0 saturated carbocycles. The van der Waals surface area contributed by atoms with Crippen LogP contribution in [-0.2, 0) is 6.54 Å². The van der Waals surface area contributed by atoms with E-state index in [0.717, 1.165) is 16.7 Å². The number of halogens is 1. The predicted octanol–water partition coefficient (Wildman–Crippen LogP) is 4.30. The Morgan fingerprint density at radius 1 is 1.35 bits per heavy atom. The fraction of sp³-hybridized carbons (Fsp3) is 0.154. The third kappa shape index (κ3) is 3.09. The van der Waals surface area contributed by atoms with Crippen molar-refractivity contribution in [3.8, 4) is 6.07 Å². The third-order valence-electron chi connectivity index (χ3n) is 2.47. The van der Waals surface area contributed by atoms with Gasteiger partial charge in [-0.15, -0.1) is 0 Å². The predicted molar refractivity (Wildman–Crippen MR) is 75.2 cm³/mol. The van der Waals surface area contributed by atoms with E-state index in [-0.39, 0.29) is 0 Å². The van der Waals surface area contributed by atoms with Gasteiger partial charge in [0.1, 0.15) is 0 Å². The first kappa shape index (κ1) is 12.2. The molecule has 2 aromatic rings. The third-order valence-corrected chi connectivity index (χ3v) is 3.84. The van der Waals surface area contributed by atoms with E-state index < -0.39 is 0 Å². The van der Waals surface area contributed by atoms with E-state index in [2.05, 4.69) is 45.0 Å². The lowest BCUT2D eigenvalue weighted by Gasteiger charge is -2.07. The van der Waals surface area contributed by atoms with Gasteiger partial charge in [0.15, 0.2) is 0 Å². The van der Waals surface area contributed by atoms with E-state index in [1.54, 1.807) is 17.4 Å². The van der Waals surface area contributed by atoms with E-state index >= 15 is 0 Å². The van der Waals surface area contributed by atoms with Crippen LogP contribution in [0.1, 0.15) is 16.7 Å². The summed E-state index contributed by atoms with van der Waals surface area (Å²) >= 11 is 5.11. The molecule has 0 fully saturated rings. The first-order valence-corrected chi connectivity index (χ1v) is 6.89. The van der Waals surface area contributed by atoms with Crippen LogP contribution in [-0.4, -0.2) is 0 Å². The average Bonchev–Trinajstić information content (AvgIpc) is 2.71. The fourth-order valence-electron chi connectivity index (χ4n) is 1.52. The maximum atomic E-state index is 8.89. The zero-order valence-corrected chi connectivity index (χ0v) is 11.7. The Labute approximate surface area is 113 Å². The molecule has 4 heteroatoms. The van der Waals surface area contributed by atoms with Crippen LogP contribution in [0.15, 0.2) is 33.4 Å². The lowest BCUT2D eigenvalue weighted by Crippen LogP contribution is -1.99. The molecule has 1 heterocycles.